The van der Waals surface area contributed by atoms with Gasteiger partial charge >= 0.3 is 5.97 Å². The number of sulfonamides is 2. The number of carboxylic acid groups (broad SMARTS) is 1. The average Bonchev–Trinajstić information content (AvgIpc) is 3.53. The fraction of sp³-hybridized carbons (Fsp3) is 0.370. The van der Waals surface area contributed by atoms with Crippen LogP contribution in [0, 0.1) is 12.8 Å². The van der Waals surface area contributed by atoms with Crippen LogP contribution in [0.5, 0.6) is 0 Å². The second kappa shape index (κ2) is 11.8. The maximum atomic E-state index is 13.1. The van der Waals surface area contributed by atoms with E-state index in [-0.39, 0.29) is 21.9 Å². The molecule has 12 heteroatoms. The summed E-state index contributed by atoms with van der Waals surface area (Å²) in [5, 5.41) is 12.1. The Labute approximate surface area is 228 Å². The Hall–Kier alpha value is -3.35. The molecule has 10 nitrogen and oxygen atoms in total. The van der Waals surface area contributed by atoms with E-state index in [0.29, 0.717) is 18.3 Å². The summed E-state index contributed by atoms with van der Waals surface area (Å²) in [4.78, 5) is 11.1. The second-order valence-electron chi connectivity index (χ2n) is 9.90. The van der Waals surface area contributed by atoms with Crippen molar-refractivity contribution in [3.05, 3.63) is 71.5 Å². The third-order valence-corrected chi connectivity index (χ3v) is 9.49. The number of nitrogens with one attached hydrogen (secondary N) is 3. The molecule has 1 heterocycles. The molecule has 1 aliphatic rings. The minimum atomic E-state index is -4.22. The zero-order chi connectivity index (χ0) is 28.2. The third kappa shape index (κ3) is 7.20. The van der Waals surface area contributed by atoms with E-state index in [4.69, 9.17) is 9.52 Å². The molecule has 1 fully saturated rings. The lowest BCUT2D eigenvalue weighted by molar-refractivity contribution is 0.0695. The van der Waals surface area contributed by atoms with Crippen molar-refractivity contribution in [3.63, 3.8) is 0 Å². The predicted octanol–water partition coefficient (Wildman–Crippen LogP) is 4.95. The summed E-state index contributed by atoms with van der Waals surface area (Å²) in [7, 11) is -8.18. The molecule has 4 rings (SSSR count). The molecule has 0 saturated heterocycles. The lowest BCUT2D eigenvalue weighted by atomic mass is 9.99. The number of para-hydroxylation sites is 1. The molecule has 0 radical (unpaired) electrons. The first-order valence-electron chi connectivity index (χ1n) is 12.8. The van der Waals surface area contributed by atoms with Crippen LogP contribution in [0.3, 0.4) is 0 Å². The Morgan fingerprint density at radius 3 is 2.31 bits per heavy atom. The SMILES string of the molecule is Cc1oc(S(=O)(=O)Nc2ccc(S(=O)(=O)Nc3ccccc3CN[C@@H](C)CC3CCCC3)cc2)cc1C(=O)O. The van der Waals surface area contributed by atoms with Crippen molar-refractivity contribution >= 4 is 37.4 Å². The van der Waals surface area contributed by atoms with E-state index in [1.165, 1.54) is 56.9 Å². The van der Waals surface area contributed by atoms with Gasteiger partial charge in [0.25, 0.3) is 20.0 Å². The van der Waals surface area contributed by atoms with Crippen LogP contribution >= 0.6 is 0 Å². The number of aryl methyl sites for hydroxylation is 1. The van der Waals surface area contributed by atoms with E-state index in [1.807, 2.05) is 12.1 Å². The molecule has 0 bridgehead atoms. The maximum Gasteiger partial charge on any atom is 0.339 e. The van der Waals surface area contributed by atoms with Gasteiger partial charge in [0.1, 0.15) is 11.3 Å². The standard InChI is InChI=1S/C27H33N3O7S2/c1-18(15-20-7-3-4-8-20)28-17-21-9-5-6-10-25(21)30-38(33,34)23-13-11-22(12-14-23)29-39(35,36)26-16-24(27(31)32)19(2)37-26/h5-6,9-14,16,18,20,28-30H,3-4,7-8,15,17H2,1-2H3,(H,31,32)/t18-/m0/s1. The summed E-state index contributed by atoms with van der Waals surface area (Å²) in [6, 6.07) is 13.6. The maximum absolute atomic E-state index is 13.1. The number of hydrogen-bond donors (Lipinski definition) is 4. The first-order valence-corrected chi connectivity index (χ1v) is 15.7. The van der Waals surface area contributed by atoms with Crippen LogP contribution < -0.4 is 14.8 Å². The smallest absolute Gasteiger partial charge is 0.339 e. The molecule has 1 aromatic heterocycles. The van der Waals surface area contributed by atoms with Crippen molar-refractivity contribution in [3.8, 4) is 0 Å². The molecule has 2 aromatic carbocycles. The summed E-state index contributed by atoms with van der Waals surface area (Å²) in [6.07, 6.45) is 6.25. The van der Waals surface area contributed by atoms with Gasteiger partial charge in [-0.05, 0) is 62.1 Å². The molecule has 0 aliphatic heterocycles. The monoisotopic (exact) mass is 575 g/mol. The van der Waals surface area contributed by atoms with Crippen molar-refractivity contribution in [2.45, 2.75) is 68.5 Å². The van der Waals surface area contributed by atoms with Crippen molar-refractivity contribution < 1.29 is 31.2 Å². The summed E-state index contributed by atoms with van der Waals surface area (Å²) in [5.74, 6) is -0.607. The molecule has 1 saturated carbocycles. The Morgan fingerprint density at radius 2 is 1.67 bits per heavy atom. The number of carboxylic acids is 1. The van der Waals surface area contributed by atoms with E-state index in [9.17, 15) is 21.6 Å². The number of aromatic carboxylic acids is 1. The highest BCUT2D eigenvalue weighted by Gasteiger charge is 2.24. The Kier molecular flexibility index (Phi) is 8.67. The van der Waals surface area contributed by atoms with Crippen LogP contribution in [0.25, 0.3) is 0 Å². The van der Waals surface area contributed by atoms with E-state index in [2.05, 4.69) is 21.7 Å². The van der Waals surface area contributed by atoms with Crippen LogP contribution in [0.2, 0.25) is 0 Å². The largest absolute Gasteiger partial charge is 0.478 e. The Morgan fingerprint density at radius 1 is 1.00 bits per heavy atom. The van der Waals surface area contributed by atoms with Gasteiger partial charge in [0.2, 0.25) is 5.09 Å². The number of rotatable bonds is 12. The van der Waals surface area contributed by atoms with Gasteiger partial charge in [0.15, 0.2) is 0 Å². The molecule has 210 valence electrons. The molecular weight excluding hydrogens is 542 g/mol. The topological polar surface area (TPSA) is 155 Å². The molecule has 39 heavy (non-hydrogen) atoms. The van der Waals surface area contributed by atoms with Crippen LogP contribution in [-0.4, -0.2) is 34.0 Å². The zero-order valence-corrected chi connectivity index (χ0v) is 23.4. The van der Waals surface area contributed by atoms with E-state index in [0.717, 1.165) is 24.0 Å². The number of benzene rings is 2. The number of anilines is 2. The molecule has 4 N–H and O–H groups in total. The van der Waals surface area contributed by atoms with Crippen molar-refractivity contribution in [2.24, 2.45) is 5.92 Å². The van der Waals surface area contributed by atoms with Gasteiger partial charge in [-0.2, -0.15) is 8.42 Å². The highest BCUT2D eigenvalue weighted by molar-refractivity contribution is 7.93. The van der Waals surface area contributed by atoms with Gasteiger partial charge in [-0.25, -0.2) is 13.2 Å². The number of furan rings is 1. The van der Waals surface area contributed by atoms with Crippen molar-refractivity contribution in [1.29, 1.82) is 0 Å². The van der Waals surface area contributed by atoms with E-state index in [1.54, 1.807) is 12.1 Å². The molecule has 0 unspecified atom stereocenters. The van der Waals surface area contributed by atoms with Crippen LogP contribution in [-0.2, 0) is 26.6 Å². The summed E-state index contributed by atoms with van der Waals surface area (Å²) in [6.45, 7) is 4.02. The molecule has 1 aliphatic carbocycles. The molecule has 0 spiro atoms. The van der Waals surface area contributed by atoms with Gasteiger partial charge in [-0.3, -0.25) is 9.44 Å². The van der Waals surface area contributed by atoms with Crippen molar-refractivity contribution in [1.82, 2.24) is 5.32 Å². The van der Waals surface area contributed by atoms with Crippen LogP contribution in [0.4, 0.5) is 11.4 Å². The molecule has 3 aromatic rings. The number of hydrogen-bond acceptors (Lipinski definition) is 7. The molecule has 0 amide bonds. The minimum absolute atomic E-state index is 0.0471. The van der Waals surface area contributed by atoms with Gasteiger partial charge in [-0.15, -0.1) is 0 Å². The molecule has 1 atom stereocenters. The van der Waals surface area contributed by atoms with Gasteiger partial charge in [0.05, 0.1) is 10.6 Å². The van der Waals surface area contributed by atoms with Gasteiger partial charge < -0.3 is 14.8 Å². The van der Waals surface area contributed by atoms with Gasteiger partial charge in [0, 0.05) is 24.3 Å². The summed E-state index contributed by atoms with van der Waals surface area (Å²) >= 11 is 0. The first-order chi connectivity index (χ1) is 18.4. The predicted molar refractivity (Wildman–Crippen MR) is 148 cm³/mol. The lowest BCUT2D eigenvalue weighted by Gasteiger charge is -2.19. The molecular formula is C27H33N3O7S2. The lowest BCUT2D eigenvalue weighted by Crippen LogP contribution is -2.28. The average molecular weight is 576 g/mol. The fourth-order valence-electron chi connectivity index (χ4n) is 4.80. The first kappa shape index (κ1) is 28.7. The summed E-state index contributed by atoms with van der Waals surface area (Å²) in [5.41, 5.74) is 1.10. The van der Waals surface area contributed by atoms with Crippen molar-refractivity contribution in [2.75, 3.05) is 9.44 Å². The number of carbonyl (C=O) groups is 1. The Balaban J connectivity index is 1.42. The van der Waals surface area contributed by atoms with E-state index < -0.39 is 31.1 Å². The highest BCUT2D eigenvalue weighted by Crippen LogP contribution is 2.29. The van der Waals surface area contributed by atoms with Crippen LogP contribution in [0.1, 0.15) is 60.7 Å². The highest BCUT2D eigenvalue weighted by atomic mass is 32.2. The normalized spacial score (nSPS) is 15.2. The van der Waals surface area contributed by atoms with Gasteiger partial charge in [-0.1, -0.05) is 43.9 Å². The van der Waals surface area contributed by atoms with Crippen LogP contribution in [0.15, 0.2) is 69.0 Å². The summed E-state index contributed by atoms with van der Waals surface area (Å²) < 4.78 is 61.4. The third-order valence-electron chi connectivity index (χ3n) is 6.87. The minimum Gasteiger partial charge on any atom is -0.478 e. The second-order valence-corrected chi connectivity index (χ2v) is 13.2. The Bertz CT molecular complexity index is 1530. The fourth-order valence-corrected chi connectivity index (χ4v) is 6.95. The quantitative estimate of drug-likeness (QED) is 0.237. The van der Waals surface area contributed by atoms with E-state index >= 15 is 0 Å². The zero-order valence-electron chi connectivity index (χ0n) is 21.8.